The van der Waals surface area contributed by atoms with Crippen LogP contribution < -0.4 is 10.1 Å². The molecule has 0 aliphatic carbocycles. The van der Waals surface area contributed by atoms with Gasteiger partial charge in [-0.25, -0.2) is 19.3 Å². The second kappa shape index (κ2) is 9.85. The first kappa shape index (κ1) is 21.2. The van der Waals surface area contributed by atoms with E-state index < -0.39 is 6.17 Å². The summed E-state index contributed by atoms with van der Waals surface area (Å²) in [5.41, 5.74) is 1.88. The Labute approximate surface area is 189 Å². The molecule has 0 radical (unpaired) electrons. The van der Waals surface area contributed by atoms with E-state index in [-0.39, 0.29) is 6.10 Å². The molecule has 1 atom stereocenters. The molecule has 8 nitrogen and oxygen atoms in total. The molecule has 0 bridgehead atoms. The van der Waals surface area contributed by atoms with Gasteiger partial charge in [0.25, 0.3) is 0 Å². The van der Waals surface area contributed by atoms with Crippen LogP contribution in [0, 0.1) is 0 Å². The lowest BCUT2D eigenvalue weighted by Crippen LogP contribution is -2.33. The summed E-state index contributed by atoms with van der Waals surface area (Å²) in [5, 5.41) is 3.98. The molecule has 5 rings (SSSR count). The predicted octanol–water partition coefficient (Wildman–Crippen LogP) is 3.84. The van der Waals surface area contributed by atoms with Gasteiger partial charge >= 0.3 is 6.01 Å². The summed E-state index contributed by atoms with van der Waals surface area (Å²) in [6, 6.07) is 6.19. The van der Waals surface area contributed by atoms with Crippen LogP contribution in [0.1, 0.15) is 24.8 Å². The molecule has 3 aromatic rings. The van der Waals surface area contributed by atoms with E-state index >= 15 is 0 Å². The summed E-state index contributed by atoms with van der Waals surface area (Å²) in [7, 11) is 0. The van der Waals surface area contributed by atoms with Crippen molar-refractivity contribution < 1.29 is 13.9 Å². The molecule has 1 N–H and O–H groups in total. The molecule has 0 saturated carbocycles. The van der Waals surface area contributed by atoms with Crippen LogP contribution in [0.25, 0.3) is 10.6 Å². The number of likely N-dealkylation sites (tertiary alicyclic amines) is 1. The standard InChI is InChI=1S/C22H25FN6O2S/c23-16-4-8-29(9-5-16)13-15-1-2-20(25-11-15)28-22-26-12-19(32-22)18-3-7-24-21(27-18)31-17-6-10-30-14-17/h1-3,7,11-12,16-17H,4-6,8-10,13-14H2,(H,25,26,28)/t17-/m0/s1. The molecular formula is C22H25FN6O2S. The summed E-state index contributed by atoms with van der Waals surface area (Å²) in [6.45, 7) is 3.68. The van der Waals surface area contributed by atoms with Crippen LogP contribution >= 0.6 is 11.3 Å². The largest absolute Gasteiger partial charge is 0.458 e. The Balaban J connectivity index is 1.19. The average Bonchev–Trinajstić information content (AvgIpc) is 3.49. The van der Waals surface area contributed by atoms with Gasteiger partial charge in [0, 0.05) is 44.6 Å². The number of hydrogen-bond donors (Lipinski definition) is 1. The van der Waals surface area contributed by atoms with Crippen LogP contribution in [0.3, 0.4) is 0 Å². The maximum atomic E-state index is 13.3. The van der Waals surface area contributed by atoms with Crippen LogP contribution in [0.4, 0.5) is 15.3 Å². The second-order valence-corrected chi connectivity index (χ2v) is 9.02. The molecule has 2 aliphatic rings. The van der Waals surface area contributed by atoms with Crippen LogP contribution in [-0.4, -0.2) is 63.4 Å². The van der Waals surface area contributed by atoms with Gasteiger partial charge in [-0.3, -0.25) is 4.90 Å². The summed E-state index contributed by atoms with van der Waals surface area (Å²) < 4.78 is 24.4. The van der Waals surface area contributed by atoms with Crippen molar-refractivity contribution in [2.24, 2.45) is 0 Å². The van der Waals surface area contributed by atoms with Gasteiger partial charge in [-0.15, -0.1) is 0 Å². The first-order valence-electron chi connectivity index (χ1n) is 10.8. The Bertz CT molecular complexity index is 1020. The number of nitrogens with one attached hydrogen (secondary N) is 1. The molecular weight excluding hydrogens is 431 g/mol. The zero-order chi connectivity index (χ0) is 21.8. The SMILES string of the molecule is FC1CCN(Cc2ccc(Nc3ncc(-c4ccnc(O[C@H]5CCOC5)n4)s3)nc2)CC1. The molecule has 0 amide bonds. The maximum Gasteiger partial charge on any atom is 0.317 e. The van der Waals surface area contributed by atoms with E-state index in [0.717, 1.165) is 53.1 Å². The summed E-state index contributed by atoms with van der Waals surface area (Å²) in [5.74, 6) is 0.727. The third-order valence-corrected chi connectivity index (χ3v) is 6.47. The fourth-order valence-electron chi connectivity index (χ4n) is 3.76. The van der Waals surface area contributed by atoms with Gasteiger partial charge in [-0.05, 0) is 30.5 Å². The molecule has 168 valence electrons. The Morgan fingerprint density at radius 3 is 2.81 bits per heavy atom. The minimum Gasteiger partial charge on any atom is -0.458 e. The molecule has 0 aromatic carbocycles. The number of hydrogen-bond acceptors (Lipinski definition) is 9. The summed E-state index contributed by atoms with van der Waals surface area (Å²) >= 11 is 1.49. The first-order chi connectivity index (χ1) is 15.7. The van der Waals surface area contributed by atoms with Crippen LogP contribution in [0.15, 0.2) is 36.8 Å². The zero-order valence-electron chi connectivity index (χ0n) is 17.6. The number of anilines is 2. The molecule has 0 spiro atoms. The van der Waals surface area contributed by atoms with Crippen LogP contribution in [-0.2, 0) is 11.3 Å². The smallest absolute Gasteiger partial charge is 0.317 e. The fourth-order valence-corrected chi connectivity index (χ4v) is 4.55. The van der Waals surface area contributed by atoms with Gasteiger partial charge < -0.3 is 14.8 Å². The Kier molecular flexibility index (Phi) is 6.51. The van der Waals surface area contributed by atoms with Gasteiger partial charge in [0.2, 0.25) is 0 Å². The number of ether oxygens (including phenoxy) is 2. The van der Waals surface area contributed by atoms with E-state index in [1.807, 2.05) is 24.4 Å². The lowest BCUT2D eigenvalue weighted by atomic mass is 10.1. The molecule has 10 heteroatoms. The minimum absolute atomic E-state index is 0.00788. The topological polar surface area (TPSA) is 85.3 Å². The highest BCUT2D eigenvalue weighted by Gasteiger charge is 2.19. The molecule has 2 aliphatic heterocycles. The highest BCUT2D eigenvalue weighted by molar-refractivity contribution is 7.18. The van der Waals surface area contributed by atoms with E-state index in [9.17, 15) is 4.39 Å². The lowest BCUT2D eigenvalue weighted by Gasteiger charge is -2.28. The number of alkyl halides is 1. The molecule has 2 saturated heterocycles. The number of rotatable bonds is 7. The molecule has 5 heterocycles. The molecule has 3 aromatic heterocycles. The second-order valence-electron chi connectivity index (χ2n) is 7.99. The van der Waals surface area contributed by atoms with Crippen LogP contribution in [0.2, 0.25) is 0 Å². The quantitative estimate of drug-likeness (QED) is 0.574. The van der Waals surface area contributed by atoms with Crippen molar-refractivity contribution >= 4 is 22.3 Å². The van der Waals surface area contributed by atoms with Gasteiger partial charge in [-0.1, -0.05) is 17.4 Å². The predicted molar refractivity (Wildman–Crippen MR) is 120 cm³/mol. The fraction of sp³-hybridized carbons (Fsp3) is 0.455. The molecule has 0 unspecified atom stereocenters. The van der Waals surface area contributed by atoms with E-state index in [0.29, 0.717) is 32.1 Å². The number of thiazole rings is 1. The number of piperidine rings is 1. The Morgan fingerprint density at radius 1 is 1.12 bits per heavy atom. The molecule has 2 fully saturated rings. The van der Waals surface area contributed by atoms with E-state index in [1.54, 1.807) is 12.4 Å². The highest BCUT2D eigenvalue weighted by Crippen LogP contribution is 2.30. The minimum atomic E-state index is -0.650. The summed E-state index contributed by atoms with van der Waals surface area (Å²) in [6.07, 6.45) is 6.78. The normalized spacial score (nSPS) is 19.8. The van der Waals surface area contributed by atoms with E-state index in [2.05, 4.69) is 30.2 Å². The van der Waals surface area contributed by atoms with Crippen molar-refractivity contribution in [1.82, 2.24) is 24.8 Å². The van der Waals surface area contributed by atoms with Gasteiger partial charge in [-0.2, -0.15) is 4.98 Å². The number of pyridine rings is 1. The van der Waals surface area contributed by atoms with Crippen LogP contribution in [0.5, 0.6) is 6.01 Å². The summed E-state index contributed by atoms with van der Waals surface area (Å²) in [4.78, 5) is 20.8. The monoisotopic (exact) mass is 456 g/mol. The Morgan fingerprint density at radius 2 is 2.03 bits per heavy atom. The van der Waals surface area contributed by atoms with Gasteiger partial charge in [0.1, 0.15) is 18.1 Å². The number of halogens is 1. The molecule has 32 heavy (non-hydrogen) atoms. The average molecular weight is 457 g/mol. The van der Waals surface area contributed by atoms with Crippen molar-refractivity contribution in [3.05, 3.63) is 42.4 Å². The number of aromatic nitrogens is 4. The van der Waals surface area contributed by atoms with Gasteiger partial charge in [0.15, 0.2) is 5.13 Å². The van der Waals surface area contributed by atoms with E-state index in [1.165, 1.54) is 11.3 Å². The van der Waals surface area contributed by atoms with Crippen molar-refractivity contribution in [3.63, 3.8) is 0 Å². The van der Waals surface area contributed by atoms with Crippen molar-refractivity contribution in [2.45, 2.75) is 38.1 Å². The van der Waals surface area contributed by atoms with E-state index in [4.69, 9.17) is 9.47 Å². The van der Waals surface area contributed by atoms with Crippen molar-refractivity contribution in [3.8, 4) is 16.6 Å². The maximum absolute atomic E-state index is 13.3. The first-order valence-corrected chi connectivity index (χ1v) is 11.6. The third kappa shape index (κ3) is 5.37. The van der Waals surface area contributed by atoms with Crippen molar-refractivity contribution in [1.29, 1.82) is 0 Å². The Hall–Kier alpha value is -2.69. The third-order valence-electron chi connectivity index (χ3n) is 5.53. The van der Waals surface area contributed by atoms with Gasteiger partial charge in [0.05, 0.1) is 23.8 Å². The lowest BCUT2D eigenvalue weighted by molar-refractivity contribution is 0.134. The number of nitrogens with zero attached hydrogens (tertiary/aromatic N) is 5. The zero-order valence-corrected chi connectivity index (χ0v) is 18.4. The van der Waals surface area contributed by atoms with Crippen molar-refractivity contribution in [2.75, 3.05) is 31.6 Å². The highest BCUT2D eigenvalue weighted by atomic mass is 32.1.